The highest BCUT2D eigenvalue weighted by molar-refractivity contribution is 5.66. The van der Waals surface area contributed by atoms with Gasteiger partial charge in [-0.1, -0.05) is 12.1 Å². The van der Waals surface area contributed by atoms with E-state index >= 15 is 0 Å². The fraction of sp³-hybridized carbons (Fsp3) is 0.500. The SMILES string of the molecule is O=C(O)CCN(CCCO)CCc1ccc(F)cc1. The Kier molecular flexibility index (Phi) is 7.07. The Morgan fingerprint density at radius 2 is 1.84 bits per heavy atom. The largest absolute Gasteiger partial charge is 0.481 e. The second-order valence-corrected chi connectivity index (χ2v) is 4.44. The first kappa shape index (κ1) is 15.6. The molecule has 106 valence electrons. The molecule has 2 N–H and O–H groups in total. The van der Waals surface area contributed by atoms with E-state index in [4.69, 9.17) is 10.2 Å². The van der Waals surface area contributed by atoms with E-state index in [0.29, 0.717) is 26.1 Å². The van der Waals surface area contributed by atoms with Crippen molar-refractivity contribution in [2.24, 2.45) is 0 Å². The highest BCUT2D eigenvalue weighted by Crippen LogP contribution is 2.05. The third-order valence-corrected chi connectivity index (χ3v) is 2.90. The van der Waals surface area contributed by atoms with E-state index in [1.54, 1.807) is 12.1 Å². The third kappa shape index (κ3) is 6.88. The molecule has 0 aliphatic carbocycles. The summed E-state index contributed by atoms with van der Waals surface area (Å²) < 4.78 is 12.8. The van der Waals surface area contributed by atoms with Crippen molar-refractivity contribution in [1.29, 1.82) is 0 Å². The summed E-state index contributed by atoms with van der Waals surface area (Å²) in [5.74, 6) is -1.08. The lowest BCUT2D eigenvalue weighted by molar-refractivity contribution is -0.137. The number of nitrogens with zero attached hydrogens (tertiary/aromatic N) is 1. The number of carboxylic acids is 1. The number of hydrogen-bond acceptors (Lipinski definition) is 3. The topological polar surface area (TPSA) is 60.8 Å². The van der Waals surface area contributed by atoms with Crippen LogP contribution >= 0.6 is 0 Å². The number of aliphatic carboxylic acids is 1. The van der Waals surface area contributed by atoms with Crippen LogP contribution in [0, 0.1) is 5.82 Å². The van der Waals surface area contributed by atoms with Crippen molar-refractivity contribution in [3.8, 4) is 0 Å². The molecule has 0 aliphatic rings. The van der Waals surface area contributed by atoms with E-state index in [9.17, 15) is 9.18 Å². The van der Waals surface area contributed by atoms with Gasteiger partial charge in [0, 0.05) is 26.2 Å². The van der Waals surface area contributed by atoms with Crippen LogP contribution in [0.5, 0.6) is 0 Å². The van der Waals surface area contributed by atoms with E-state index in [1.165, 1.54) is 12.1 Å². The minimum Gasteiger partial charge on any atom is -0.481 e. The molecule has 0 saturated heterocycles. The van der Waals surface area contributed by atoms with Crippen molar-refractivity contribution >= 4 is 5.97 Å². The average molecular weight is 269 g/mol. The quantitative estimate of drug-likeness (QED) is 0.713. The van der Waals surface area contributed by atoms with E-state index in [0.717, 1.165) is 12.0 Å². The Morgan fingerprint density at radius 1 is 1.16 bits per heavy atom. The molecular formula is C14H20FNO3. The van der Waals surface area contributed by atoms with Gasteiger partial charge >= 0.3 is 5.97 Å². The molecule has 0 fully saturated rings. The summed E-state index contributed by atoms with van der Waals surface area (Å²) in [5, 5.41) is 17.5. The van der Waals surface area contributed by atoms with Gasteiger partial charge in [0.15, 0.2) is 0 Å². The lowest BCUT2D eigenvalue weighted by Crippen LogP contribution is -2.30. The zero-order chi connectivity index (χ0) is 14.1. The predicted molar refractivity (Wildman–Crippen MR) is 70.5 cm³/mol. The summed E-state index contributed by atoms with van der Waals surface area (Å²) in [5.41, 5.74) is 1.02. The molecule has 0 spiro atoms. The summed E-state index contributed by atoms with van der Waals surface area (Å²) in [6.07, 6.45) is 1.46. The number of aliphatic hydroxyl groups excluding tert-OH is 1. The second kappa shape index (κ2) is 8.61. The van der Waals surface area contributed by atoms with Crippen molar-refractivity contribution in [1.82, 2.24) is 4.90 Å². The third-order valence-electron chi connectivity index (χ3n) is 2.90. The van der Waals surface area contributed by atoms with E-state index in [2.05, 4.69) is 0 Å². The van der Waals surface area contributed by atoms with Crippen molar-refractivity contribution in [2.45, 2.75) is 19.3 Å². The molecular weight excluding hydrogens is 249 g/mol. The smallest absolute Gasteiger partial charge is 0.304 e. The van der Waals surface area contributed by atoms with Crippen molar-refractivity contribution in [2.75, 3.05) is 26.2 Å². The van der Waals surface area contributed by atoms with Gasteiger partial charge < -0.3 is 15.1 Å². The zero-order valence-electron chi connectivity index (χ0n) is 10.9. The van der Waals surface area contributed by atoms with Crippen LogP contribution in [0.15, 0.2) is 24.3 Å². The van der Waals surface area contributed by atoms with Gasteiger partial charge in [0.25, 0.3) is 0 Å². The fourth-order valence-corrected chi connectivity index (χ4v) is 1.82. The molecule has 4 nitrogen and oxygen atoms in total. The lowest BCUT2D eigenvalue weighted by Gasteiger charge is -2.21. The van der Waals surface area contributed by atoms with Gasteiger partial charge in [-0.25, -0.2) is 4.39 Å². The molecule has 0 radical (unpaired) electrons. The van der Waals surface area contributed by atoms with Crippen molar-refractivity contribution < 1.29 is 19.4 Å². The van der Waals surface area contributed by atoms with Gasteiger partial charge in [-0.2, -0.15) is 0 Å². The molecule has 0 heterocycles. The first-order valence-electron chi connectivity index (χ1n) is 6.41. The molecule has 0 bridgehead atoms. The minimum absolute atomic E-state index is 0.0921. The van der Waals surface area contributed by atoms with E-state index in [1.807, 2.05) is 4.90 Å². The van der Waals surface area contributed by atoms with Crippen molar-refractivity contribution in [3.63, 3.8) is 0 Å². The molecule has 1 aromatic carbocycles. The van der Waals surface area contributed by atoms with Crippen molar-refractivity contribution in [3.05, 3.63) is 35.6 Å². The maximum atomic E-state index is 12.8. The van der Waals surface area contributed by atoms with Crippen LogP contribution in [0.1, 0.15) is 18.4 Å². The summed E-state index contributed by atoms with van der Waals surface area (Å²) >= 11 is 0. The van der Waals surface area contributed by atoms with E-state index in [-0.39, 0.29) is 18.8 Å². The molecule has 1 rings (SSSR count). The zero-order valence-corrected chi connectivity index (χ0v) is 10.9. The van der Waals surface area contributed by atoms with Crippen LogP contribution in [0.3, 0.4) is 0 Å². The van der Waals surface area contributed by atoms with Crippen LogP contribution in [0.25, 0.3) is 0 Å². The van der Waals surface area contributed by atoms with Gasteiger partial charge in [-0.15, -0.1) is 0 Å². The highest BCUT2D eigenvalue weighted by atomic mass is 19.1. The van der Waals surface area contributed by atoms with E-state index < -0.39 is 5.97 Å². The van der Waals surface area contributed by atoms with Crippen LogP contribution < -0.4 is 0 Å². The summed E-state index contributed by atoms with van der Waals surface area (Å²) in [7, 11) is 0. The van der Waals surface area contributed by atoms with Gasteiger partial charge in [0.05, 0.1) is 6.42 Å². The number of rotatable bonds is 9. The highest BCUT2D eigenvalue weighted by Gasteiger charge is 2.07. The molecule has 0 aliphatic heterocycles. The predicted octanol–water partition coefficient (Wildman–Crippen LogP) is 1.53. The Labute approximate surface area is 112 Å². The maximum Gasteiger partial charge on any atom is 0.304 e. The van der Waals surface area contributed by atoms with Gasteiger partial charge in [0.2, 0.25) is 0 Å². The number of halogens is 1. The molecule has 0 aromatic heterocycles. The molecule has 0 unspecified atom stereocenters. The Bertz CT molecular complexity index is 381. The number of carbonyl (C=O) groups is 1. The minimum atomic E-state index is -0.823. The lowest BCUT2D eigenvalue weighted by atomic mass is 10.1. The Balaban J connectivity index is 2.42. The number of benzene rings is 1. The van der Waals surface area contributed by atoms with Gasteiger partial charge in [-0.05, 0) is 30.5 Å². The molecule has 19 heavy (non-hydrogen) atoms. The number of hydrogen-bond donors (Lipinski definition) is 2. The normalized spacial score (nSPS) is 10.9. The van der Waals surface area contributed by atoms with Crippen LogP contribution in [-0.4, -0.2) is 47.3 Å². The maximum absolute atomic E-state index is 12.8. The molecule has 1 aromatic rings. The Hall–Kier alpha value is -1.46. The van der Waals surface area contributed by atoms with Gasteiger partial charge in [0.1, 0.15) is 5.82 Å². The number of carboxylic acid groups (broad SMARTS) is 1. The molecule has 5 heteroatoms. The Morgan fingerprint density at radius 3 is 2.42 bits per heavy atom. The molecule has 0 atom stereocenters. The fourth-order valence-electron chi connectivity index (χ4n) is 1.82. The first-order chi connectivity index (χ1) is 9.11. The summed E-state index contributed by atoms with van der Waals surface area (Å²) in [4.78, 5) is 12.6. The van der Waals surface area contributed by atoms with Crippen LogP contribution in [0.4, 0.5) is 4.39 Å². The van der Waals surface area contributed by atoms with Crippen LogP contribution in [-0.2, 0) is 11.2 Å². The van der Waals surface area contributed by atoms with Crippen LogP contribution in [0.2, 0.25) is 0 Å². The standard InChI is InChI=1S/C14H20FNO3/c15-13-4-2-12(3-5-13)6-9-16(8-1-11-17)10-7-14(18)19/h2-5,17H,1,6-11H2,(H,18,19). The second-order valence-electron chi connectivity index (χ2n) is 4.44. The van der Waals surface area contributed by atoms with Gasteiger partial charge in [-0.3, -0.25) is 4.79 Å². The molecule has 0 saturated carbocycles. The summed E-state index contributed by atoms with van der Waals surface area (Å²) in [6.45, 7) is 1.94. The average Bonchev–Trinajstić information content (AvgIpc) is 2.39. The monoisotopic (exact) mass is 269 g/mol. The first-order valence-corrected chi connectivity index (χ1v) is 6.41. The number of aliphatic hydroxyl groups is 1. The summed E-state index contributed by atoms with van der Waals surface area (Å²) in [6, 6.07) is 6.31. The molecule has 0 amide bonds.